The van der Waals surface area contributed by atoms with Crippen LogP contribution in [-0.4, -0.2) is 17.1 Å². The molecule has 7 heteroatoms. The molecule has 4 nitrogen and oxygen atoms in total. The Hall–Kier alpha value is -1.76. The molecule has 1 fully saturated rings. The van der Waals surface area contributed by atoms with Crippen molar-refractivity contribution >= 4 is 23.2 Å². The Morgan fingerprint density at radius 1 is 1.13 bits per heavy atom. The Kier molecular flexibility index (Phi) is 5.87. The topological polar surface area (TPSA) is 53.2 Å². The first-order valence-electron chi connectivity index (χ1n) is 7.69. The van der Waals surface area contributed by atoms with Crippen molar-refractivity contribution in [2.45, 2.75) is 39.2 Å². The van der Waals surface area contributed by atoms with E-state index in [1.807, 2.05) is 0 Å². The van der Waals surface area contributed by atoms with Crippen molar-refractivity contribution in [3.63, 3.8) is 0 Å². The first kappa shape index (κ1) is 17.6. The number of benzene rings is 1. The Bertz CT molecular complexity index is 576. The SMILES string of the molecule is C[C@@H]1[C@H](C)CCC[C@H]1NC(=S)NNC(=O)c1cc(F)cc(F)c1. The fourth-order valence-electron chi connectivity index (χ4n) is 2.86. The molecular weight excluding hydrogens is 320 g/mol. The minimum atomic E-state index is -0.805. The highest BCUT2D eigenvalue weighted by atomic mass is 32.1. The second-order valence-corrected chi connectivity index (χ2v) is 6.49. The third-order valence-corrected chi connectivity index (χ3v) is 4.66. The van der Waals surface area contributed by atoms with Crippen LogP contribution in [0.3, 0.4) is 0 Å². The lowest BCUT2D eigenvalue weighted by Gasteiger charge is -2.35. The number of nitrogens with one attached hydrogen (secondary N) is 3. The maximum atomic E-state index is 13.1. The van der Waals surface area contributed by atoms with Gasteiger partial charge in [0.1, 0.15) is 11.6 Å². The van der Waals surface area contributed by atoms with E-state index in [-0.39, 0.29) is 11.6 Å². The number of halogens is 2. The summed E-state index contributed by atoms with van der Waals surface area (Å²) in [6.07, 6.45) is 3.37. The number of hydrazine groups is 1. The molecule has 1 aliphatic rings. The minimum Gasteiger partial charge on any atom is -0.358 e. The second kappa shape index (κ2) is 7.68. The summed E-state index contributed by atoms with van der Waals surface area (Å²) in [5, 5.41) is 3.48. The van der Waals surface area contributed by atoms with Crippen LogP contribution in [0.4, 0.5) is 8.78 Å². The number of rotatable bonds is 2. The summed E-state index contributed by atoms with van der Waals surface area (Å²) in [7, 11) is 0. The quantitative estimate of drug-likeness (QED) is 0.572. The first-order valence-corrected chi connectivity index (χ1v) is 8.10. The Morgan fingerprint density at radius 3 is 2.43 bits per heavy atom. The molecular formula is C16H21F2N3OS. The van der Waals surface area contributed by atoms with E-state index in [2.05, 4.69) is 30.0 Å². The molecule has 3 atom stereocenters. The Morgan fingerprint density at radius 2 is 1.78 bits per heavy atom. The highest BCUT2D eigenvalue weighted by Gasteiger charge is 2.27. The Labute approximate surface area is 140 Å². The zero-order valence-corrected chi connectivity index (χ0v) is 14.0. The maximum absolute atomic E-state index is 13.1. The van der Waals surface area contributed by atoms with Gasteiger partial charge in [-0.2, -0.15) is 0 Å². The molecule has 1 amide bonds. The van der Waals surface area contributed by atoms with Gasteiger partial charge in [-0.15, -0.1) is 0 Å². The number of carbonyl (C=O) groups excluding carboxylic acids is 1. The van der Waals surface area contributed by atoms with Crippen molar-refractivity contribution in [3.05, 3.63) is 35.4 Å². The standard InChI is InChI=1S/C16H21F2N3OS/c1-9-4-3-5-14(10(9)2)19-16(23)21-20-15(22)11-6-12(17)8-13(18)7-11/h6-10,14H,3-5H2,1-2H3,(H,20,22)(H2,19,21,23)/t9-,10-,14-/m1/s1. The lowest BCUT2D eigenvalue weighted by molar-refractivity contribution is 0.0942. The summed E-state index contributed by atoms with van der Waals surface area (Å²) in [6, 6.07) is 2.88. The van der Waals surface area contributed by atoms with Crippen molar-refractivity contribution in [1.82, 2.24) is 16.2 Å². The zero-order valence-electron chi connectivity index (χ0n) is 13.2. The minimum absolute atomic E-state index is 0.113. The van der Waals surface area contributed by atoms with Gasteiger partial charge in [0.15, 0.2) is 5.11 Å². The lowest BCUT2D eigenvalue weighted by atomic mass is 9.78. The van der Waals surface area contributed by atoms with Crippen LogP contribution in [0.25, 0.3) is 0 Å². The van der Waals surface area contributed by atoms with Crippen LogP contribution in [-0.2, 0) is 0 Å². The largest absolute Gasteiger partial charge is 0.358 e. The van der Waals surface area contributed by atoms with Crippen LogP contribution in [0.2, 0.25) is 0 Å². The molecule has 0 saturated heterocycles. The monoisotopic (exact) mass is 341 g/mol. The molecule has 1 aromatic rings. The molecule has 23 heavy (non-hydrogen) atoms. The number of thiocarbonyl (C=S) groups is 1. The summed E-state index contributed by atoms with van der Waals surface area (Å²) < 4.78 is 26.2. The third-order valence-electron chi connectivity index (χ3n) is 4.44. The second-order valence-electron chi connectivity index (χ2n) is 6.08. The normalized spacial score (nSPS) is 23.9. The highest BCUT2D eigenvalue weighted by molar-refractivity contribution is 7.80. The molecule has 0 radical (unpaired) electrons. The molecule has 0 aliphatic heterocycles. The molecule has 0 heterocycles. The lowest BCUT2D eigenvalue weighted by Crippen LogP contribution is -2.52. The van der Waals surface area contributed by atoms with Gasteiger partial charge in [0.2, 0.25) is 0 Å². The summed E-state index contributed by atoms with van der Waals surface area (Å²) in [6.45, 7) is 4.40. The molecule has 1 saturated carbocycles. The van der Waals surface area contributed by atoms with E-state index in [1.54, 1.807) is 0 Å². The Balaban J connectivity index is 1.85. The van der Waals surface area contributed by atoms with Crippen LogP contribution in [0.15, 0.2) is 18.2 Å². The van der Waals surface area contributed by atoms with Gasteiger partial charge in [-0.25, -0.2) is 8.78 Å². The first-order chi connectivity index (χ1) is 10.9. The van der Waals surface area contributed by atoms with Crippen molar-refractivity contribution in [3.8, 4) is 0 Å². The van der Waals surface area contributed by atoms with Crippen LogP contribution in [0.5, 0.6) is 0 Å². The number of amides is 1. The van der Waals surface area contributed by atoms with Gasteiger partial charge in [-0.3, -0.25) is 15.6 Å². The van der Waals surface area contributed by atoms with E-state index in [1.165, 1.54) is 6.42 Å². The fraction of sp³-hybridized carbons (Fsp3) is 0.500. The van der Waals surface area contributed by atoms with Gasteiger partial charge in [-0.05, 0) is 42.6 Å². The molecule has 1 aliphatic carbocycles. The van der Waals surface area contributed by atoms with Crippen LogP contribution in [0.1, 0.15) is 43.5 Å². The number of hydrogen-bond donors (Lipinski definition) is 3. The molecule has 3 N–H and O–H groups in total. The van der Waals surface area contributed by atoms with Gasteiger partial charge in [0, 0.05) is 17.7 Å². The summed E-state index contributed by atoms with van der Waals surface area (Å²) in [5.41, 5.74) is 4.81. The van der Waals surface area contributed by atoms with Gasteiger partial charge in [0.25, 0.3) is 5.91 Å². The molecule has 126 valence electrons. The molecule has 0 aromatic heterocycles. The van der Waals surface area contributed by atoms with Crippen LogP contribution >= 0.6 is 12.2 Å². The third kappa shape index (κ3) is 4.86. The van der Waals surface area contributed by atoms with E-state index < -0.39 is 17.5 Å². The van der Waals surface area contributed by atoms with E-state index >= 15 is 0 Å². The molecule has 2 rings (SSSR count). The highest BCUT2D eigenvalue weighted by Crippen LogP contribution is 2.29. The van der Waals surface area contributed by atoms with Crippen molar-refractivity contribution in [2.75, 3.05) is 0 Å². The molecule has 0 unspecified atom stereocenters. The summed E-state index contributed by atoms with van der Waals surface area (Å²) in [5.74, 6) is -1.16. The van der Waals surface area contributed by atoms with Crippen LogP contribution < -0.4 is 16.2 Å². The van der Waals surface area contributed by atoms with Crippen molar-refractivity contribution in [1.29, 1.82) is 0 Å². The maximum Gasteiger partial charge on any atom is 0.269 e. The average Bonchev–Trinajstić information content (AvgIpc) is 2.48. The smallest absolute Gasteiger partial charge is 0.269 e. The van der Waals surface area contributed by atoms with E-state index in [4.69, 9.17) is 12.2 Å². The molecule has 0 bridgehead atoms. The molecule has 0 spiro atoms. The predicted molar refractivity (Wildman–Crippen MR) is 88.7 cm³/mol. The van der Waals surface area contributed by atoms with E-state index in [9.17, 15) is 13.6 Å². The summed E-state index contributed by atoms with van der Waals surface area (Å²) in [4.78, 5) is 11.9. The van der Waals surface area contributed by atoms with E-state index in [0.29, 0.717) is 23.0 Å². The van der Waals surface area contributed by atoms with Gasteiger partial charge < -0.3 is 5.32 Å². The fourth-order valence-corrected chi connectivity index (χ4v) is 3.06. The number of hydrogen-bond acceptors (Lipinski definition) is 2. The van der Waals surface area contributed by atoms with Gasteiger partial charge >= 0.3 is 0 Å². The van der Waals surface area contributed by atoms with Crippen LogP contribution in [0, 0.1) is 23.5 Å². The average molecular weight is 341 g/mol. The zero-order chi connectivity index (χ0) is 17.0. The molecule has 1 aromatic carbocycles. The predicted octanol–water partition coefficient (Wildman–Crippen LogP) is 2.90. The van der Waals surface area contributed by atoms with Crippen molar-refractivity contribution in [2.24, 2.45) is 11.8 Å². The number of carbonyl (C=O) groups is 1. The van der Waals surface area contributed by atoms with Crippen molar-refractivity contribution < 1.29 is 13.6 Å². The summed E-state index contributed by atoms with van der Waals surface area (Å²) >= 11 is 5.16. The van der Waals surface area contributed by atoms with E-state index in [0.717, 1.165) is 25.0 Å². The van der Waals surface area contributed by atoms with Gasteiger partial charge in [0.05, 0.1) is 0 Å². The van der Waals surface area contributed by atoms with Gasteiger partial charge in [-0.1, -0.05) is 26.7 Å².